The van der Waals surface area contributed by atoms with Crippen LogP contribution in [0.25, 0.3) is 22.3 Å². The number of halogens is 1. The lowest BCUT2D eigenvalue weighted by Gasteiger charge is -2.19. The zero-order valence-electron chi connectivity index (χ0n) is 18.2. The molecule has 0 amide bonds. The molecule has 0 saturated carbocycles. The summed E-state index contributed by atoms with van der Waals surface area (Å²) in [5.74, 6) is 1.52. The average molecular weight is 451 g/mol. The van der Waals surface area contributed by atoms with Crippen LogP contribution in [-0.2, 0) is 0 Å². The van der Waals surface area contributed by atoms with Crippen LogP contribution >= 0.6 is 11.6 Å². The molecule has 0 aliphatic carbocycles. The quantitative estimate of drug-likeness (QED) is 0.286. The molecule has 2 heterocycles. The van der Waals surface area contributed by atoms with E-state index < -0.39 is 0 Å². The predicted molar refractivity (Wildman–Crippen MR) is 136 cm³/mol. The predicted octanol–water partition coefficient (Wildman–Crippen LogP) is 6.90. The van der Waals surface area contributed by atoms with Crippen LogP contribution < -0.4 is 5.32 Å². The third-order valence-corrected chi connectivity index (χ3v) is 5.89. The highest BCUT2D eigenvalue weighted by atomic mass is 35.5. The number of aryl methyl sites for hydroxylation is 1. The van der Waals surface area contributed by atoms with E-state index in [1.165, 1.54) is 5.56 Å². The molecule has 162 valence electrons. The van der Waals surface area contributed by atoms with Crippen molar-refractivity contribution in [1.29, 1.82) is 0 Å². The minimum absolute atomic E-state index is 0.0152. The number of aromatic nitrogens is 3. The minimum atomic E-state index is 0.0152. The van der Waals surface area contributed by atoms with Crippen LogP contribution in [0.4, 0.5) is 5.82 Å². The van der Waals surface area contributed by atoms with E-state index in [4.69, 9.17) is 21.6 Å². The molecule has 0 fully saturated rings. The van der Waals surface area contributed by atoms with Crippen LogP contribution in [-0.4, -0.2) is 21.5 Å². The Balaban J connectivity index is 1.53. The number of fused-ring (bicyclic) bond motifs is 1. The minimum Gasteiger partial charge on any atom is -0.368 e. The fraction of sp³-hybridized carbons (Fsp3) is 0.107. The van der Waals surface area contributed by atoms with Crippen molar-refractivity contribution in [3.63, 3.8) is 0 Å². The first-order valence-corrected chi connectivity index (χ1v) is 11.3. The summed E-state index contributed by atoms with van der Waals surface area (Å²) < 4.78 is 0. The van der Waals surface area contributed by atoms with Gasteiger partial charge in [0.05, 0.1) is 11.2 Å². The third kappa shape index (κ3) is 4.71. The van der Waals surface area contributed by atoms with Gasteiger partial charge >= 0.3 is 0 Å². The Morgan fingerprint density at radius 3 is 2.30 bits per heavy atom. The Labute approximate surface area is 198 Å². The standard InChI is InChI=1S/C28H23ClN4/c1-19-14-16-21(17-15-19)27-32-24-11-6-5-10-22(24)28(33-27)30-18-23(20-8-3-2-4-9-20)25-12-7-13-26(29)31-25/h2-17,23H,18H2,1H3,(H,30,32,33). The first kappa shape index (κ1) is 21.1. The summed E-state index contributed by atoms with van der Waals surface area (Å²) in [5.41, 5.74) is 5.18. The maximum atomic E-state index is 6.22. The van der Waals surface area contributed by atoms with Crippen molar-refractivity contribution in [2.75, 3.05) is 11.9 Å². The molecule has 3 aromatic carbocycles. The molecule has 0 bridgehead atoms. The first-order valence-electron chi connectivity index (χ1n) is 10.9. The number of para-hydroxylation sites is 1. The zero-order chi connectivity index (χ0) is 22.6. The molecule has 4 nitrogen and oxygen atoms in total. The first-order chi connectivity index (χ1) is 16.2. The van der Waals surface area contributed by atoms with Gasteiger partial charge in [0.2, 0.25) is 0 Å². The van der Waals surface area contributed by atoms with Gasteiger partial charge in [-0.1, -0.05) is 90.0 Å². The van der Waals surface area contributed by atoms with Crippen molar-refractivity contribution in [2.45, 2.75) is 12.8 Å². The molecule has 5 aromatic rings. The molecule has 1 N–H and O–H groups in total. The summed E-state index contributed by atoms with van der Waals surface area (Å²) >= 11 is 6.22. The summed E-state index contributed by atoms with van der Waals surface area (Å²) in [6.45, 7) is 2.69. The van der Waals surface area contributed by atoms with Crippen molar-refractivity contribution < 1.29 is 0 Å². The van der Waals surface area contributed by atoms with Crippen molar-refractivity contribution in [3.8, 4) is 11.4 Å². The number of pyridine rings is 1. The van der Waals surface area contributed by atoms with Gasteiger partial charge in [-0.15, -0.1) is 0 Å². The van der Waals surface area contributed by atoms with E-state index in [1.807, 2.05) is 54.6 Å². The van der Waals surface area contributed by atoms with Crippen molar-refractivity contribution in [2.24, 2.45) is 0 Å². The molecule has 0 spiro atoms. The summed E-state index contributed by atoms with van der Waals surface area (Å²) in [5, 5.41) is 5.07. The number of nitrogens with zero attached hydrogens (tertiary/aromatic N) is 3. The number of nitrogens with one attached hydrogen (secondary N) is 1. The van der Waals surface area contributed by atoms with Gasteiger partial charge in [-0.25, -0.2) is 15.0 Å². The van der Waals surface area contributed by atoms with E-state index in [0.717, 1.165) is 33.5 Å². The number of hydrogen-bond donors (Lipinski definition) is 1. The number of benzene rings is 3. The summed E-state index contributed by atoms with van der Waals surface area (Å²) in [6.07, 6.45) is 0. The Morgan fingerprint density at radius 2 is 1.52 bits per heavy atom. The van der Waals surface area contributed by atoms with E-state index in [0.29, 0.717) is 17.5 Å². The van der Waals surface area contributed by atoms with E-state index in [2.05, 4.69) is 53.6 Å². The average Bonchev–Trinajstić information content (AvgIpc) is 2.85. The van der Waals surface area contributed by atoms with E-state index in [1.54, 1.807) is 6.07 Å². The molecule has 1 unspecified atom stereocenters. The van der Waals surface area contributed by atoms with Crippen molar-refractivity contribution >= 4 is 28.3 Å². The van der Waals surface area contributed by atoms with Gasteiger partial charge in [-0.3, -0.25) is 0 Å². The van der Waals surface area contributed by atoms with E-state index in [9.17, 15) is 0 Å². The summed E-state index contributed by atoms with van der Waals surface area (Å²) in [7, 11) is 0. The molecule has 2 aromatic heterocycles. The molecule has 0 saturated heterocycles. The Morgan fingerprint density at radius 1 is 0.758 bits per heavy atom. The second-order valence-electron chi connectivity index (χ2n) is 8.01. The van der Waals surface area contributed by atoms with E-state index >= 15 is 0 Å². The molecule has 1 atom stereocenters. The van der Waals surface area contributed by atoms with Crippen molar-refractivity contribution in [3.05, 3.63) is 119 Å². The monoisotopic (exact) mass is 450 g/mol. The van der Waals surface area contributed by atoms with Gasteiger partial charge < -0.3 is 5.32 Å². The number of hydrogen-bond acceptors (Lipinski definition) is 4. The molecule has 0 aliphatic rings. The molecule has 0 radical (unpaired) electrons. The van der Waals surface area contributed by atoms with Crippen LogP contribution in [0, 0.1) is 6.92 Å². The van der Waals surface area contributed by atoms with Gasteiger partial charge in [0.1, 0.15) is 11.0 Å². The SMILES string of the molecule is Cc1ccc(-c2nc(NCC(c3ccccc3)c3cccc(Cl)n3)c3ccccc3n2)cc1. The van der Waals surface area contributed by atoms with Gasteiger partial charge in [0.25, 0.3) is 0 Å². The molecular weight excluding hydrogens is 428 g/mol. The Bertz CT molecular complexity index is 1380. The summed E-state index contributed by atoms with van der Waals surface area (Å²) in [6, 6.07) is 32.5. The van der Waals surface area contributed by atoms with Crippen molar-refractivity contribution in [1.82, 2.24) is 15.0 Å². The van der Waals surface area contributed by atoms with Gasteiger partial charge in [0.15, 0.2) is 5.82 Å². The third-order valence-electron chi connectivity index (χ3n) is 5.68. The molecule has 33 heavy (non-hydrogen) atoms. The fourth-order valence-electron chi connectivity index (χ4n) is 3.94. The molecule has 5 heteroatoms. The lowest BCUT2D eigenvalue weighted by Crippen LogP contribution is -2.16. The fourth-order valence-corrected chi connectivity index (χ4v) is 4.11. The normalized spacial score (nSPS) is 11.9. The maximum Gasteiger partial charge on any atom is 0.162 e. The van der Waals surface area contributed by atoms with Crippen LogP contribution in [0.3, 0.4) is 0 Å². The second kappa shape index (κ2) is 9.39. The molecular formula is C28H23ClN4. The highest BCUT2D eigenvalue weighted by Crippen LogP contribution is 2.28. The van der Waals surface area contributed by atoms with Gasteiger partial charge in [-0.05, 0) is 36.8 Å². The highest BCUT2D eigenvalue weighted by Gasteiger charge is 2.17. The smallest absolute Gasteiger partial charge is 0.162 e. The zero-order valence-corrected chi connectivity index (χ0v) is 19.0. The van der Waals surface area contributed by atoms with E-state index in [-0.39, 0.29) is 5.92 Å². The number of anilines is 1. The van der Waals surface area contributed by atoms with Gasteiger partial charge in [0, 0.05) is 23.4 Å². The Kier molecular flexibility index (Phi) is 6.01. The van der Waals surface area contributed by atoms with Crippen LogP contribution in [0.1, 0.15) is 22.7 Å². The summed E-state index contributed by atoms with van der Waals surface area (Å²) in [4.78, 5) is 14.3. The lowest BCUT2D eigenvalue weighted by atomic mass is 9.95. The van der Waals surface area contributed by atoms with Gasteiger partial charge in [-0.2, -0.15) is 0 Å². The molecule has 0 aliphatic heterocycles. The Hall–Kier alpha value is -3.76. The number of rotatable bonds is 6. The maximum absolute atomic E-state index is 6.22. The lowest BCUT2D eigenvalue weighted by molar-refractivity contribution is 0.814. The topological polar surface area (TPSA) is 50.7 Å². The van der Waals surface area contributed by atoms with Crippen LogP contribution in [0.15, 0.2) is 97.1 Å². The largest absolute Gasteiger partial charge is 0.368 e. The highest BCUT2D eigenvalue weighted by molar-refractivity contribution is 6.29. The van der Waals surface area contributed by atoms with Crippen LogP contribution in [0.5, 0.6) is 0 Å². The second-order valence-corrected chi connectivity index (χ2v) is 8.40. The van der Waals surface area contributed by atoms with Crippen LogP contribution in [0.2, 0.25) is 5.15 Å². The molecule has 5 rings (SSSR count).